The molecule has 1 aliphatic rings. The minimum Gasteiger partial charge on any atom is -0.385 e. The molecule has 1 aliphatic heterocycles. The number of amides is 1. The summed E-state index contributed by atoms with van der Waals surface area (Å²) in [5.74, 6) is 0.928. The van der Waals surface area contributed by atoms with Crippen molar-refractivity contribution in [3.8, 4) is 0 Å². The molecule has 18 heavy (non-hydrogen) atoms. The Morgan fingerprint density at radius 2 is 2.17 bits per heavy atom. The second kappa shape index (κ2) is 6.34. The van der Waals surface area contributed by atoms with Gasteiger partial charge < -0.3 is 9.64 Å². The Kier molecular flexibility index (Phi) is 4.78. The van der Waals surface area contributed by atoms with Crippen molar-refractivity contribution in [2.75, 3.05) is 26.8 Å². The van der Waals surface area contributed by atoms with Crippen molar-refractivity contribution in [2.45, 2.75) is 26.2 Å². The zero-order chi connectivity index (χ0) is 13.0. The zero-order valence-electron chi connectivity index (χ0n) is 11.1. The first-order valence-corrected chi connectivity index (χ1v) is 7.37. The van der Waals surface area contributed by atoms with E-state index in [1.54, 1.807) is 18.4 Å². The van der Waals surface area contributed by atoms with Crippen LogP contribution in [0.3, 0.4) is 0 Å². The Labute approximate surface area is 113 Å². The van der Waals surface area contributed by atoms with Crippen LogP contribution in [0.25, 0.3) is 0 Å². The van der Waals surface area contributed by atoms with Crippen LogP contribution < -0.4 is 0 Å². The van der Waals surface area contributed by atoms with Crippen molar-refractivity contribution >= 4 is 17.2 Å². The highest BCUT2D eigenvalue weighted by atomic mass is 32.1. The summed E-state index contributed by atoms with van der Waals surface area (Å²) < 4.78 is 5.11. The largest absolute Gasteiger partial charge is 0.385 e. The minimum atomic E-state index is 0.207. The molecular formula is C14H21NO2S. The van der Waals surface area contributed by atoms with Gasteiger partial charge in [-0.05, 0) is 44.2 Å². The van der Waals surface area contributed by atoms with Gasteiger partial charge in [-0.3, -0.25) is 4.79 Å². The van der Waals surface area contributed by atoms with Gasteiger partial charge in [0.2, 0.25) is 0 Å². The Bertz CT molecular complexity index is 394. The number of carbonyl (C=O) groups is 1. The lowest BCUT2D eigenvalue weighted by Gasteiger charge is -2.31. The number of aryl methyl sites for hydroxylation is 1. The molecule has 0 N–H and O–H groups in total. The lowest BCUT2D eigenvalue weighted by atomic mass is 9.94. The molecular weight excluding hydrogens is 246 g/mol. The fraction of sp³-hybridized carbons (Fsp3) is 0.643. The number of likely N-dealkylation sites (tertiary alicyclic amines) is 1. The Morgan fingerprint density at radius 1 is 1.44 bits per heavy atom. The van der Waals surface area contributed by atoms with E-state index < -0.39 is 0 Å². The van der Waals surface area contributed by atoms with Crippen molar-refractivity contribution in [3.05, 3.63) is 21.9 Å². The molecule has 2 heterocycles. The second-order valence-corrected chi connectivity index (χ2v) is 6.22. The van der Waals surface area contributed by atoms with Gasteiger partial charge in [-0.1, -0.05) is 0 Å². The van der Waals surface area contributed by atoms with Crippen molar-refractivity contribution in [2.24, 2.45) is 5.92 Å². The summed E-state index contributed by atoms with van der Waals surface area (Å²) in [6.07, 6.45) is 3.34. The molecule has 3 nitrogen and oxygen atoms in total. The number of thiophene rings is 1. The third-order valence-corrected chi connectivity index (χ3v) is 4.57. The highest BCUT2D eigenvalue weighted by Gasteiger charge is 2.23. The number of hydrogen-bond acceptors (Lipinski definition) is 3. The first-order valence-electron chi connectivity index (χ1n) is 6.55. The van der Waals surface area contributed by atoms with Gasteiger partial charge in [0, 0.05) is 31.7 Å². The summed E-state index contributed by atoms with van der Waals surface area (Å²) >= 11 is 1.59. The fourth-order valence-corrected chi connectivity index (χ4v) is 3.25. The lowest BCUT2D eigenvalue weighted by Crippen LogP contribution is -2.38. The average molecular weight is 267 g/mol. The molecule has 0 spiro atoms. The molecule has 0 aromatic carbocycles. The fourth-order valence-electron chi connectivity index (χ4n) is 2.41. The van der Waals surface area contributed by atoms with Gasteiger partial charge in [0.05, 0.1) is 4.88 Å². The smallest absolute Gasteiger partial charge is 0.263 e. The molecule has 0 unspecified atom stereocenters. The van der Waals surface area contributed by atoms with E-state index in [0.717, 1.165) is 49.8 Å². The first kappa shape index (κ1) is 13.6. The minimum absolute atomic E-state index is 0.207. The summed E-state index contributed by atoms with van der Waals surface area (Å²) in [4.78, 5) is 16.3. The lowest BCUT2D eigenvalue weighted by molar-refractivity contribution is 0.0674. The molecule has 0 bridgehead atoms. The third kappa shape index (κ3) is 3.33. The number of carbonyl (C=O) groups excluding carboxylic acids is 1. The van der Waals surface area contributed by atoms with Gasteiger partial charge in [0.15, 0.2) is 0 Å². The molecule has 1 saturated heterocycles. The van der Waals surface area contributed by atoms with E-state index in [1.807, 2.05) is 24.0 Å². The monoisotopic (exact) mass is 267 g/mol. The van der Waals surface area contributed by atoms with Gasteiger partial charge in [-0.15, -0.1) is 11.3 Å². The molecule has 2 rings (SSSR count). The molecule has 0 saturated carbocycles. The number of rotatable bonds is 4. The maximum Gasteiger partial charge on any atom is 0.263 e. The molecule has 1 aromatic heterocycles. The summed E-state index contributed by atoms with van der Waals surface area (Å²) in [6, 6.07) is 3.96. The summed E-state index contributed by atoms with van der Waals surface area (Å²) in [5, 5.41) is 0. The molecule has 4 heteroatoms. The van der Waals surface area contributed by atoms with Crippen LogP contribution in [0, 0.1) is 12.8 Å². The highest BCUT2D eigenvalue weighted by Crippen LogP contribution is 2.24. The number of hydrogen-bond donors (Lipinski definition) is 0. The van der Waals surface area contributed by atoms with Crippen LogP contribution in [0.5, 0.6) is 0 Å². The van der Waals surface area contributed by atoms with Crippen molar-refractivity contribution in [3.63, 3.8) is 0 Å². The summed E-state index contributed by atoms with van der Waals surface area (Å²) in [7, 11) is 1.75. The maximum absolute atomic E-state index is 12.2. The van der Waals surface area contributed by atoms with Gasteiger partial charge in [0.25, 0.3) is 5.91 Å². The summed E-state index contributed by atoms with van der Waals surface area (Å²) in [5.41, 5.74) is 0. The van der Waals surface area contributed by atoms with Crippen LogP contribution in [0.15, 0.2) is 12.1 Å². The predicted octanol–water partition coefficient (Wildman–Crippen LogP) is 2.95. The number of piperidine rings is 1. The van der Waals surface area contributed by atoms with Gasteiger partial charge in [-0.2, -0.15) is 0 Å². The molecule has 0 radical (unpaired) electrons. The van der Waals surface area contributed by atoms with E-state index in [2.05, 4.69) is 0 Å². The van der Waals surface area contributed by atoms with Crippen LogP contribution in [0.1, 0.15) is 33.8 Å². The number of nitrogens with zero attached hydrogens (tertiary/aromatic N) is 1. The maximum atomic E-state index is 12.2. The first-order chi connectivity index (χ1) is 8.70. The topological polar surface area (TPSA) is 29.5 Å². The highest BCUT2D eigenvalue weighted by molar-refractivity contribution is 7.13. The van der Waals surface area contributed by atoms with Crippen molar-refractivity contribution < 1.29 is 9.53 Å². The summed E-state index contributed by atoms with van der Waals surface area (Å²) in [6.45, 7) is 4.66. The van der Waals surface area contributed by atoms with E-state index in [0.29, 0.717) is 0 Å². The molecule has 100 valence electrons. The Hall–Kier alpha value is -0.870. The molecule has 0 atom stereocenters. The standard InChI is InChI=1S/C14H21NO2S/c1-11-3-4-13(18-11)14(16)15-8-5-12(6-9-15)7-10-17-2/h3-4,12H,5-10H2,1-2H3. The molecule has 1 fully saturated rings. The van der Waals surface area contributed by atoms with Crippen LogP contribution in [-0.2, 0) is 4.74 Å². The Balaban J connectivity index is 1.84. The van der Waals surface area contributed by atoms with Gasteiger partial charge in [-0.25, -0.2) is 0 Å². The van der Waals surface area contributed by atoms with Crippen LogP contribution in [0.4, 0.5) is 0 Å². The van der Waals surface area contributed by atoms with Crippen molar-refractivity contribution in [1.29, 1.82) is 0 Å². The van der Waals surface area contributed by atoms with E-state index >= 15 is 0 Å². The normalized spacial score (nSPS) is 17.1. The van der Waals surface area contributed by atoms with E-state index in [9.17, 15) is 4.79 Å². The van der Waals surface area contributed by atoms with Gasteiger partial charge in [0.1, 0.15) is 0 Å². The predicted molar refractivity (Wildman–Crippen MR) is 74.2 cm³/mol. The number of ether oxygens (including phenoxy) is 1. The molecule has 1 aromatic rings. The van der Waals surface area contributed by atoms with E-state index in [1.165, 1.54) is 4.88 Å². The quantitative estimate of drug-likeness (QED) is 0.839. The van der Waals surface area contributed by atoms with Crippen LogP contribution >= 0.6 is 11.3 Å². The van der Waals surface area contributed by atoms with Gasteiger partial charge >= 0.3 is 0 Å². The SMILES string of the molecule is COCCC1CCN(C(=O)c2ccc(C)s2)CC1. The van der Waals surface area contributed by atoms with Crippen molar-refractivity contribution in [1.82, 2.24) is 4.90 Å². The molecule has 0 aliphatic carbocycles. The Morgan fingerprint density at radius 3 is 2.72 bits per heavy atom. The van der Waals surface area contributed by atoms with Crippen LogP contribution in [0.2, 0.25) is 0 Å². The second-order valence-electron chi connectivity index (χ2n) is 4.93. The van der Waals surface area contributed by atoms with Crippen LogP contribution in [-0.4, -0.2) is 37.6 Å². The van der Waals surface area contributed by atoms with E-state index in [4.69, 9.17) is 4.74 Å². The third-order valence-electron chi connectivity index (χ3n) is 3.58. The molecule has 1 amide bonds. The zero-order valence-corrected chi connectivity index (χ0v) is 12.0. The van der Waals surface area contributed by atoms with E-state index in [-0.39, 0.29) is 5.91 Å². The number of methoxy groups -OCH3 is 1. The average Bonchev–Trinajstić information content (AvgIpc) is 2.83.